The first kappa shape index (κ1) is 13.9. The van der Waals surface area contributed by atoms with Crippen LogP contribution in [-0.4, -0.2) is 37.2 Å². The minimum atomic E-state index is -0.188. The molecule has 2 aliphatic rings. The number of rotatable bonds is 3. The molecule has 1 saturated heterocycles. The van der Waals surface area contributed by atoms with Crippen LogP contribution < -0.4 is 15.4 Å². The molecule has 1 aromatic carbocycles. The van der Waals surface area contributed by atoms with Crippen molar-refractivity contribution >= 4 is 17.5 Å². The molecule has 1 fully saturated rings. The van der Waals surface area contributed by atoms with Gasteiger partial charge in [0.25, 0.3) is 11.8 Å². The summed E-state index contributed by atoms with van der Waals surface area (Å²) in [4.78, 5) is 23.5. The van der Waals surface area contributed by atoms with Crippen molar-refractivity contribution in [2.24, 2.45) is 0 Å². The SMILES string of the molecule is C[C@H](NC(=O)c1ccc2c(c1)OCC(=O)N2)[C@H]1CCCO1. The monoisotopic (exact) mass is 290 g/mol. The molecule has 21 heavy (non-hydrogen) atoms. The molecule has 0 aromatic heterocycles. The molecule has 0 saturated carbocycles. The maximum Gasteiger partial charge on any atom is 0.262 e. The lowest BCUT2D eigenvalue weighted by Crippen LogP contribution is -2.40. The van der Waals surface area contributed by atoms with Crippen molar-refractivity contribution in [2.45, 2.75) is 31.9 Å². The Morgan fingerprint density at radius 2 is 2.33 bits per heavy atom. The quantitative estimate of drug-likeness (QED) is 0.880. The average molecular weight is 290 g/mol. The molecule has 0 bridgehead atoms. The van der Waals surface area contributed by atoms with E-state index in [1.807, 2.05) is 6.92 Å². The summed E-state index contributed by atoms with van der Waals surface area (Å²) in [6, 6.07) is 4.96. The summed E-state index contributed by atoms with van der Waals surface area (Å²) in [5.41, 5.74) is 1.10. The molecule has 2 N–H and O–H groups in total. The molecule has 0 unspecified atom stereocenters. The number of ether oxygens (including phenoxy) is 2. The number of amides is 2. The summed E-state index contributed by atoms with van der Waals surface area (Å²) in [5, 5.41) is 5.64. The van der Waals surface area contributed by atoms with E-state index in [2.05, 4.69) is 10.6 Å². The predicted molar refractivity (Wildman–Crippen MR) is 76.5 cm³/mol. The van der Waals surface area contributed by atoms with Gasteiger partial charge in [0, 0.05) is 12.2 Å². The molecule has 6 nitrogen and oxygen atoms in total. The molecule has 2 atom stereocenters. The summed E-state index contributed by atoms with van der Waals surface area (Å²) < 4.78 is 10.9. The number of benzene rings is 1. The van der Waals surface area contributed by atoms with Crippen LogP contribution in [0.5, 0.6) is 5.75 Å². The van der Waals surface area contributed by atoms with Crippen molar-refractivity contribution < 1.29 is 19.1 Å². The fourth-order valence-electron chi connectivity index (χ4n) is 2.60. The summed E-state index contributed by atoms with van der Waals surface area (Å²) >= 11 is 0. The van der Waals surface area contributed by atoms with Crippen LogP contribution in [0.3, 0.4) is 0 Å². The fourth-order valence-corrected chi connectivity index (χ4v) is 2.60. The molecule has 112 valence electrons. The Balaban J connectivity index is 1.68. The molecule has 1 aromatic rings. The Morgan fingerprint density at radius 3 is 3.10 bits per heavy atom. The Labute approximate surface area is 122 Å². The van der Waals surface area contributed by atoms with Gasteiger partial charge < -0.3 is 20.1 Å². The van der Waals surface area contributed by atoms with Crippen LogP contribution in [0.25, 0.3) is 0 Å². The van der Waals surface area contributed by atoms with E-state index in [4.69, 9.17) is 9.47 Å². The number of carbonyl (C=O) groups excluding carboxylic acids is 2. The van der Waals surface area contributed by atoms with E-state index in [0.29, 0.717) is 17.0 Å². The number of hydrogen-bond donors (Lipinski definition) is 2. The summed E-state index contributed by atoms with van der Waals surface area (Å²) in [5.74, 6) is 0.167. The largest absolute Gasteiger partial charge is 0.482 e. The number of carbonyl (C=O) groups is 2. The van der Waals surface area contributed by atoms with Crippen molar-refractivity contribution in [3.63, 3.8) is 0 Å². The van der Waals surface area contributed by atoms with Gasteiger partial charge in [-0.1, -0.05) is 0 Å². The van der Waals surface area contributed by atoms with Crippen LogP contribution >= 0.6 is 0 Å². The number of nitrogens with one attached hydrogen (secondary N) is 2. The summed E-state index contributed by atoms with van der Waals surface area (Å²) in [6.45, 7) is 2.69. The second kappa shape index (κ2) is 5.73. The molecule has 3 rings (SSSR count). The molecular formula is C15H18N2O4. The third kappa shape index (κ3) is 3.00. The first-order valence-electron chi connectivity index (χ1n) is 7.12. The lowest BCUT2D eigenvalue weighted by atomic mass is 10.1. The standard InChI is InChI=1S/C15H18N2O4/c1-9(12-3-2-6-20-12)16-15(19)10-4-5-11-13(7-10)21-8-14(18)17-11/h4-5,7,9,12H,2-3,6,8H2,1H3,(H,16,19)(H,17,18)/t9-,12+/m0/s1. The van der Waals surface area contributed by atoms with Crippen LogP contribution in [0.15, 0.2) is 18.2 Å². The number of fused-ring (bicyclic) bond motifs is 1. The van der Waals surface area contributed by atoms with Crippen LogP contribution in [0.4, 0.5) is 5.69 Å². The van der Waals surface area contributed by atoms with E-state index >= 15 is 0 Å². The first-order valence-corrected chi connectivity index (χ1v) is 7.12. The smallest absolute Gasteiger partial charge is 0.262 e. The molecule has 0 spiro atoms. The van der Waals surface area contributed by atoms with Gasteiger partial charge in [-0.2, -0.15) is 0 Å². The number of hydrogen-bond acceptors (Lipinski definition) is 4. The molecule has 0 radical (unpaired) electrons. The van der Waals surface area contributed by atoms with Crippen molar-refractivity contribution in [2.75, 3.05) is 18.5 Å². The Hall–Kier alpha value is -2.08. The van der Waals surface area contributed by atoms with Gasteiger partial charge in [-0.3, -0.25) is 9.59 Å². The van der Waals surface area contributed by atoms with E-state index in [-0.39, 0.29) is 30.6 Å². The zero-order chi connectivity index (χ0) is 14.8. The van der Waals surface area contributed by atoms with Gasteiger partial charge in [0.2, 0.25) is 0 Å². The van der Waals surface area contributed by atoms with Gasteiger partial charge >= 0.3 is 0 Å². The normalized spacial score (nSPS) is 22.0. The first-order chi connectivity index (χ1) is 10.1. The third-order valence-corrected chi connectivity index (χ3v) is 3.76. The van der Waals surface area contributed by atoms with Crippen molar-refractivity contribution in [1.82, 2.24) is 5.32 Å². The van der Waals surface area contributed by atoms with Crippen LogP contribution in [0.2, 0.25) is 0 Å². The highest BCUT2D eigenvalue weighted by Gasteiger charge is 2.24. The molecule has 0 aliphatic carbocycles. The van der Waals surface area contributed by atoms with Crippen LogP contribution in [-0.2, 0) is 9.53 Å². The Kier molecular flexibility index (Phi) is 3.79. The van der Waals surface area contributed by atoms with Gasteiger partial charge in [0.05, 0.1) is 17.8 Å². The highest BCUT2D eigenvalue weighted by molar-refractivity contribution is 5.99. The van der Waals surface area contributed by atoms with E-state index < -0.39 is 0 Å². The molecule has 2 heterocycles. The second-order valence-electron chi connectivity index (χ2n) is 5.36. The van der Waals surface area contributed by atoms with E-state index in [9.17, 15) is 9.59 Å². The molecule has 6 heteroatoms. The van der Waals surface area contributed by atoms with Gasteiger partial charge in [0.15, 0.2) is 6.61 Å². The Bertz CT molecular complexity index is 567. The maximum absolute atomic E-state index is 12.3. The van der Waals surface area contributed by atoms with Crippen molar-refractivity contribution in [1.29, 1.82) is 0 Å². The highest BCUT2D eigenvalue weighted by Crippen LogP contribution is 2.28. The van der Waals surface area contributed by atoms with Crippen molar-refractivity contribution in [3.05, 3.63) is 23.8 Å². The topological polar surface area (TPSA) is 76.7 Å². The van der Waals surface area contributed by atoms with Gasteiger partial charge in [-0.25, -0.2) is 0 Å². The summed E-state index contributed by atoms with van der Waals surface area (Å²) in [6.07, 6.45) is 2.10. The third-order valence-electron chi connectivity index (χ3n) is 3.76. The minimum Gasteiger partial charge on any atom is -0.482 e. The van der Waals surface area contributed by atoms with Gasteiger partial charge in [-0.05, 0) is 38.0 Å². The van der Waals surface area contributed by atoms with E-state index in [0.717, 1.165) is 19.4 Å². The lowest BCUT2D eigenvalue weighted by Gasteiger charge is -2.21. The van der Waals surface area contributed by atoms with Gasteiger partial charge in [0.1, 0.15) is 5.75 Å². The minimum absolute atomic E-state index is 0.0234. The fraction of sp³-hybridized carbons (Fsp3) is 0.467. The maximum atomic E-state index is 12.3. The van der Waals surface area contributed by atoms with E-state index in [1.165, 1.54) is 0 Å². The number of anilines is 1. The zero-order valence-corrected chi connectivity index (χ0v) is 11.8. The Morgan fingerprint density at radius 1 is 1.48 bits per heavy atom. The predicted octanol–water partition coefficient (Wildman–Crippen LogP) is 1.31. The van der Waals surface area contributed by atoms with Gasteiger partial charge in [-0.15, -0.1) is 0 Å². The van der Waals surface area contributed by atoms with E-state index in [1.54, 1.807) is 18.2 Å². The zero-order valence-electron chi connectivity index (χ0n) is 11.8. The molecule has 2 amide bonds. The van der Waals surface area contributed by atoms with Crippen LogP contribution in [0, 0.1) is 0 Å². The average Bonchev–Trinajstić information content (AvgIpc) is 3.01. The summed E-state index contributed by atoms with van der Waals surface area (Å²) in [7, 11) is 0. The molecule has 2 aliphatic heterocycles. The van der Waals surface area contributed by atoms with Crippen LogP contribution in [0.1, 0.15) is 30.1 Å². The van der Waals surface area contributed by atoms with Crippen molar-refractivity contribution in [3.8, 4) is 5.75 Å². The second-order valence-corrected chi connectivity index (χ2v) is 5.36. The highest BCUT2D eigenvalue weighted by atomic mass is 16.5. The molecular weight excluding hydrogens is 272 g/mol. The lowest BCUT2D eigenvalue weighted by molar-refractivity contribution is -0.118.